The van der Waals surface area contributed by atoms with Crippen molar-refractivity contribution in [3.8, 4) is 0 Å². The molecule has 1 aromatic carbocycles. The zero-order valence-electron chi connectivity index (χ0n) is 11.2. The second-order valence-corrected chi connectivity index (χ2v) is 5.24. The Morgan fingerprint density at radius 2 is 2.00 bits per heavy atom. The molecule has 0 bridgehead atoms. The molecule has 1 atom stereocenters. The Balaban J connectivity index is 2.08. The molecule has 0 amide bonds. The number of nitrogens with two attached hydrogens (primary N) is 1. The molecular formula is C15H24N2O. The smallest absolute Gasteiger partial charge is 0.0447 e. The van der Waals surface area contributed by atoms with Crippen LogP contribution < -0.4 is 10.6 Å². The van der Waals surface area contributed by atoms with Crippen LogP contribution in [-0.4, -0.2) is 24.3 Å². The predicted octanol–water partition coefficient (Wildman–Crippen LogP) is 2.45. The molecule has 1 aromatic rings. The Morgan fingerprint density at radius 1 is 1.33 bits per heavy atom. The highest BCUT2D eigenvalue weighted by Crippen LogP contribution is 2.30. The van der Waals surface area contributed by atoms with Gasteiger partial charge in [0.05, 0.1) is 0 Å². The minimum absolute atomic E-state index is 0.0913. The fourth-order valence-corrected chi connectivity index (χ4v) is 2.43. The molecule has 0 aliphatic heterocycles. The third-order valence-electron chi connectivity index (χ3n) is 3.82. The Morgan fingerprint density at radius 3 is 2.44 bits per heavy atom. The lowest BCUT2D eigenvalue weighted by Gasteiger charge is -2.39. The van der Waals surface area contributed by atoms with Gasteiger partial charge < -0.3 is 15.7 Å². The molecule has 3 nitrogen and oxygen atoms in total. The first-order chi connectivity index (χ1) is 8.72. The van der Waals surface area contributed by atoms with Crippen molar-refractivity contribution in [2.75, 3.05) is 18.1 Å². The van der Waals surface area contributed by atoms with Gasteiger partial charge in [0.1, 0.15) is 0 Å². The van der Waals surface area contributed by atoms with Gasteiger partial charge in [0.15, 0.2) is 0 Å². The molecular weight excluding hydrogens is 224 g/mol. The van der Waals surface area contributed by atoms with Crippen molar-refractivity contribution in [1.29, 1.82) is 0 Å². The fraction of sp³-hybridized carbons (Fsp3) is 0.600. The molecule has 0 heterocycles. The van der Waals surface area contributed by atoms with Crippen LogP contribution >= 0.6 is 0 Å². The normalized spacial score (nSPS) is 17.3. The largest absolute Gasteiger partial charge is 0.396 e. The van der Waals surface area contributed by atoms with E-state index in [1.54, 1.807) is 0 Å². The van der Waals surface area contributed by atoms with Gasteiger partial charge in [-0.1, -0.05) is 12.1 Å². The summed E-state index contributed by atoms with van der Waals surface area (Å²) in [5.41, 5.74) is 8.31. The summed E-state index contributed by atoms with van der Waals surface area (Å²) in [6, 6.07) is 9.31. The molecule has 18 heavy (non-hydrogen) atoms. The highest BCUT2D eigenvalue weighted by Gasteiger charge is 2.24. The first kappa shape index (κ1) is 13.4. The number of benzene rings is 1. The van der Waals surface area contributed by atoms with Crippen LogP contribution in [0.5, 0.6) is 0 Å². The molecule has 0 saturated heterocycles. The van der Waals surface area contributed by atoms with E-state index in [1.807, 2.05) is 6.92 Å². The number of aliphatic hydroxyl groups excluding tert-OH is 1. The van der Waals surface area contributed by atoms with Crippen molar-refractivity contribution in [2.45, 2.75) is 44.7 Å². The van der Waals surface area contributed by atoms with Crippen molar-refractivity contribution >= 4 is 5.69 Å². The third-order valence-corrected chi connectivity index (χ3v) is 3.82. The summed E-state index contributed by atoms with van der Waals surface area (Å²) < 4.78 is 0. The topological polar surface area (TPSA) is 49.5 Å². The van der Waals surface area contributed by atoms with Crippen LogP contribution in [0.3, 0.4) is 0 Å². The molecule has 0 spiro atoms. The highest BCUT2D eigenvalue weighted by atomic mass is 16.3. The minimum Gasteiger partial charge on any atom is -0.396 e. The molecule has 1 unspecified atom stereocenters. The van der Waals surface area contributed by atoms with Crippen LogP contribution in [0.15, 0.2) is 24.3 Å². The van der Waals surface area contributed by atoms with E-state index in [2.05, 4.69) is 29.2 Å². The van der Waals surface area contributed by atoms with E-state index in [9.17, 15) is 0 Å². The van der Waals surface area contributed by atoms with Gasteiger partial charge in [-0.05, 0) is 50.3 Å². The van der Waals surface area contributed by atoms with Crippen LogP contribution in [-0.2, 0) is 0 Å². The molecule has 3 N–H and O–H groups in total. The van der Waals surface area contributed by atoms with E-state index in [0.717, 1.165) is 13.0 Å². The van der Waals surface area contributed by atoms with Crippen LogP contribution in [0, 0.1) is 0 Å². The van der Waals surface area contributed by atoms with E-state index in [0.29, 0.717) is 6.04 Å². The van der Waals surface area contributed by atoms with Crippen LogP contribution in [0.25, 0.3) is 0 Å². The van der Waals surface area contributed by atoms with Crippen molar-refractivity contribution in [2.24, 2.45) is 5.73 Å². The van der Waals surface area contributed by atoms with Gasteiger partial charge >= 0.3 is 0 Å². The van der Waals surface area contributed by atoms with Gasteiger partial charge in [0.2, 0.25) is 0 Å². The minimum atomic E-state index is 0.0913. The molecule has 1 aliphatic rings. The number of hydrogen-bond acceptors (Lipinski definition) is 3. The van der Waals surface area contributed by atoms with Crippen LogP contribution in [0.2, 0.25) is 0 Å². The monoisotopic (exact) mass is 248 g/mol. The Kier molecular flexibility index (Phi) is 4.61. The van der Waals surface area contributed by atoms with Gasteiger partial charge in [-0.15, -0.1) is 0 Å². The van der Waals surface area contributed by atoms with Crippen molar-refractivity contribution in [3.05, 3.63) is 29.8 Å². The Bertz CT molecular complexity index is 357. The summed E-state index contributed by atoms with van der Waals surface area (Å²) in [5, 5.41) is 9.01. The van der Waals surface area contributed by atoms with Crippen LogP contribution in [0.4, 0.5) is 5.69 Å². The van der Waals surface area contributed by atoms with Crippen LogP contribution in [0.1, 0.15) is 44.2 Å². The first-order valence-corrected chi connectivity index (χ1v) is 6.95. The average molecular weight is 248 g/mol. The molecule has 1 aliphatic carbocycles. The standard InChI is InChI=1S/C15H24N2O/c1-12(16)13-6-8-15(9-7-13)17(10-3-11-18)14-4-2-5-14/h6-9,12,14,18H,2-5,10-11,16H2,1H3. The summed E-state index contributed by atoms with van der Waals surface area (Å²) >= 11 is 0. The molecule has 3 heteroatoms. The molecule has 0 radical (unpaired) electrons. The van der Waals surface area contributed by atoms with Crippen molar-refractivity contribution in [1.82, 2.24) is 0 Å². The maximum absolute atomic E-state index is 9.01. The van der Waals surface area contributed by atoms with Gasteiger partial charge in [0, 0.05) is 30.9 Å². The van der Waals surface area contributed by atoms with E-state index < -0.39 is 0 Å². The average Bonchev–Trinajstić information content (AvgIpc) is 2.32. The number of nitrogens with zero attached hydrogens (tertiary/aromatic N) is 1. The van der Waals surface area contributed by atoms with Gasteiger partial charge in [-0.2, -0.15) is 0 Å². The summed E-state index contributed by atoms with van der Waals surface area (Å²) in [6.07, 6.45) is 4.73. The summed E-state index contributed by atoms with van der Waals surface area (Å²) in [6.45, 7) is 3.21. The number of anilines is 1. The maximum atomic E-state index is 9.01. The molecule has 100 valence electrons. The van der Waals surface area contributed by atoms with Crippen molar-refractivity contribution in [3.63, 3.8) is 0 Å². The van der Waals surface area contributed by atoms with Gasteiger partial charge in [-0.3, -0.25) is 0 Å². The zero-order valence-corrected chi connectivity index (χ0v) is 11.2. The Hall–Kier alpha value is -1.06. The second-order valence-electron chi connectivity index (χ2n) is 5.24. The number of rotatable bonds is 6. The summed E-state index contributed by atoms with van der Waals surface area (Å²) in [4.78, 5) is 2.44. The summed E-state index contributed by atoms with van der Waals surface area (Å²) in [5.74, 6) is 0. The molecule has 0 aromatic heterocycles. The highest BCUT2D eigenvalue weighted by molar-refractivity contribution is 5.49. The van der Waals surface area contributed by atoms with E-state index >= 15 is 0 Å². The molecule has 1 saturated carbocycles. The SMILES string of the molecule is CC(N)c1ccc(N(CCCO)C2CCC2)cc1. The van der Waals surface area contributed by atoms with Gasteiger partial charge in [-0.25, -0.2) is 0 Å². The Labute approximate surface area is 110 Å². The maximum Gasteiger partial charge on any atom is 0.0447 e. The van der Waals surface area contributed by atoms with Crippen molar-refractivity contribution < 1.29 is 5.11 Å². The zero-order chi connectivity index (χ0) is 13.0. The second kappa shape index (κ2) is 6.21. The lowest BCUT2D eigenvalue weighted by molar-refractivity contribution is 0.283. The number of aliphatic hydroxyl groups is 1. The predicted molar refractivity (Wildman–Crippen MR) is 75.7 cm³/mol. The fourth-order valence-electron chi connectivity index (χ4n) is 2.43. The molecule has 2 rings (SSSR count). The lowest BCUT2D eigenvalue weighted by atomic mass is 9.90. The molecule has 1 fully saturated rings. The van der Waals surface area contributed by atoms with E-state index in [4.69, 9.17) is 10.8 Å². The van der Waals surface area contributed by atoms with E-state index in [1.165, 1.54) is 30.5 Å². The quantitative estimate of drug-likeness (QED) is 0.813. The van der Waals surface area contributed by atoms with E-state index in [-0.39, 0.29) is 12.6 Å². The first-order valence-electron chi connectivity index (χ1n) is 6.95. The number of hydrogen-bond donors (Lipinski definition) is 2. The third kappa shape index (κ3) is 3.03. The summed E-state index contributed by atoms with van der Waals surface area (Å²) in [7, 11) is 0. The lowest BCUT2D eigenvalue weighted by Crippen LogP contribution is -2.41. The van der Waals surface area contributed by atoms with Gasteiger partial charge in [0.25, 0.3) is 0 Å².